The summed E-state index contributed by atoms with van der Waals surface area (Å²) in [5.41, 5.74) is 1.96. The van der Waals surface area contributed by atoms with Gasteiger partial charge in [-0.25, -0.2) is 0 Å². The lowest BCUT2D eigenvalue weighted by Crippen LogP contribution is -2.23. The van der Waals surface area contributed by atoms with Crippen molar-refractivity contribution in [1.82, 2.24) is 25.1 Å². The molecule has 1 N–H and O–H groups in total. The van der Waals surface area contributed by atoms with Crippen molar-refractivity contribution in [2.24, 2.45) is 0 Å². The van der Waals surface area contributed by atoms with E-state index in [0.29, 0.717) is 18.0 Å². The first-order valence-corrected chi connectivity index (χ1v) is 9.33. The molecule has 4 rings (SSSR count). The Morgan fingerprint density at radius 3 is 2.60 bits per heavy atom. The standard InChI is InChI=1S/C18H21N5OS/c1-18(2,3)13-8-6-12(7-9-13)16(24)19-10-14-22-23-15(11-4-5-11)20-21-17(23)25-14/h6-9,11H,4-5,10H2,1-3H3,(H,19,24). The molecule has 0 spiro atoms. The van der Waals surface area contributed by atoms with Crippen molar-refractivity contribution in [1.29, 1.82) is 0 Å². The summed E-state index contributed by atoms with van der Waals surface area (Å²) in [4.78, 5) is 13.1. The molecule has 3 aromatic rings. The summed E-state index contributed by atoms with van der Waals surface area (Å²) in [6.07, 6.45) is 2.32. The van der Waals surface area contributed by atoms with Crippen LogP contribution in [0.4, 0.5) is 0 Å². The predicted octanol–water partition coefficient (Wildman–Crippen LogP) is 3.29. The van der Waals surface area contributed by atoms with Gasteiger partial charge < -0.3 is 5.32 Å². The van der Waals surface area contributed by atoms with Gasteiger partial charge in [-0.05, 0) is 36.0 Å². The van der Waals surface area contributed by atoms with Gasteiger partial charge in [-0.3, -0.25) is 4.79 Å². The van der Waals surface area contributed by atoms with Crippen LogP contribution in [0.3, 0.4) is 0 Å². The Bertz CT molecular complexity index is 915. The number of rotatable bonds is 4. The highest BCUT2D eigenvalue weighted by molar-refractivity contribution is 7.16. The van der Waals surface area contributed by atoms with Crippen LogP contribution in [0.15, 0.2) is 24.3 Å². The number of amides is 1. The van der Waals surface area contributed by atoms with Gasteiger partial charge in [0.15, 0.2) is 5.82 Å². The highest BCUT2D eigenvalue weighted by atomic mass is 32.1. The lowest BCUT2D eigenvalue weighted by molar-refractivity contribution is 0.0950. The van der Waals surface area contributed by atoms with Crippen LogP contribution < -0.4 is 5.32 Å². The van der Waals surface area contributed by atoms with Crippen molar-refractivity contribution < 1.29 is 4.79 Å². The smallest absolute Gasteiger partial charge is 0.251 e. The molecule has 2 aromatic heterocycles. The first-order valence-electron chi connectivity index (χ1n) is 8.51. The first-order chi connectivity index (χ1) is 11.9. The lowest BCUT2D eigenvalue weighted by atomic mass is 9.87. The monoisotopic (exact) mass is 355 g/mol. The third-order valence-corrected chi connectivity index (χ3v) is 5.31. The number of hydrogen-bond donors (Lipinski definition) is 1. The molecule has 0 atom stereocenters. The number of aromatic nitrogens is 4. The third kappa shape index (κ3) is 3.28. The van der Waals surface area contributed by atoms with Crippen LogP contribution in [0.1, 0.15) is 66.3 Å². The Labute approximate surface area is 150 Å². The van der Waals surface area contributed by atoms with Gasteiger partial charge in [0, 0.05) is 11.5 Å². The number of fused-ring (bicyclic) bond motifs is 1. The van der Waals surface area contributed by atoms with Gasteiger partial charge in [-0.15, -0.1) is 10.2 Å². The number of nitrogens with one attached hydrogen (secondary N) is 1. The van der Waals surface area contributed by atoms with Crippen molar-refractivity contribution >= 4 is 22.2 Å². The molecule has 1 saturated carbocycles. The van der Waals surface area contributed by atoms with E-state index >= 15 is 0 Å². The van der Waals surface area contributed by atoms with Gasteiger partial charge in [-0.1, -0.05) is 44.2 Å². The summed E-state index contributed by atoms with van der Waals surface area (Å²) in [7, 11) is 0. The van der Waals surface area contributed by atoms with Gasteiger partial charge in [0.1, 0.15) is 5.01 Å². The van der Waals surface area contributed by atoms with Crippen LogP contribution >= 0.6 is 11.3 Å². The minimum absolute atomic E-state index is 0.0813. The maximum absolute atomic E-state index is 12.3. The zero-order valence-electron chi connectivity index (χ0n) is 14.6. The quantitative estimate of drug-likeness (QED) is 0.779. The average Bonchev–Trinajstić information content (AvgIpc) is 3.21. The Balaban J connectivity index is 1.43. The van der Waals surface area contributed by atoms with E-state index in [9.17, 15) is 4.79 Å². The van der Waals surface area contributed by atoms with Crippen LogP contribution in [0.2, 0.25) is 0 Å². The normalized spacial score (nSPS) is 14.8. The van der Waals surface area contributed by atoms with Crippen molar-refractivity contribution in [3.8, 4) is 0 Å². The van der Waals surface area contributed by atoms with Crippen LogP contribution in [-0.4, -0.2) is 25.7 Å². The van der Waals surface area contributed by atoms with E-state index in [-0.39, 0.29) is 11.3 Å². The highest BCUT2D eigenvalue weighted by Gasteiger charge is 2.30. The van der Waals surface area contributed by atoms with Crippen LogP contribution in [0.25, 0.3) is 4.96 Å². The summed E-state index contributed by atoms with van der Waals surface area (Å²) in [5.74, 6) is 1.36. The fraction of sp³-hybridized carbons (Fsp3) is 0.444. The molecule has 0 unspecified atom stereocenters. The number of hydrogen-bond acceptors (Lipinski definition) is 5. The van der Waals surface area contributed by atoms with Crippen molar-refractivity contribution in [3.05, 3.63) is 46.2 Å². The van der Waals surface area contributed by atoms with Crippen LogP contribution in [-0.2, 0) is 12.0 Å². The predicted molar refractivity (Wildman–Crippen MR) is 96.9 cm³/mol. The Morgan fingerprint density at radius 1 is 1.24 bits per heavy atom. The fourth-order valence-electron chi connectivity index (χ4n) is 2.72. The van der Waals surface area contributed by atoms with Gasteiger partial charge >= 0.3 is 0 Å². The van der Waals surface area contributed by atoms with Crippen molar-refractivity contribution in [2.75, 3.05) is 0 Å². The molecular weight excluding hydrogens is 334 g/mol. The largest absolute Gasteiger partial charge is 0.345 e. The van der Waals surface area contributed by atoms with E-state index < -0.39 is 0 Å². The summed E-state index contributed by atoms with van der Waals surface area (Å²) in [5, 5.41) is 16.7. The lowest BCUT2D eigenvalue weighted by Gasteiger charge is -2.19. The molecule has 7 heteroatoms. The Hall–Kier alpha value is -2.28. The number of carbonyl (C=O) groups excluding carboxylic acids is 1. The molecule has 1 aliphatic rings. The molecule has 1 aliphatic carbocycles. The summed E-state index contributed by atoms with van der Waals surface area (Å²) >= 11 is 1.47. The van der Waals surface area contributed by atoms with Crippen LogP contribution in [0, 0.1) is 0 Å². The maximum atomic E-state index is 12.3. The second-order valence-corrected chi connectivity index (χ2v) is 8.57. The van der Waals surface area contributed by atoms with Crippen molar-refractivity contribution in [2.45, 2.75) is 51.5 Å². The molecule has 0 bridgehead atoms. The van der Waals surface area contributed by atoms with E-state index in [0.717, 1.165) is 28.6 Å². The Kier molecular flexibility index (Phi) is 3.83. The zero-order valence-corrected chi connectivity index (χ0v) is 15.4. The van der Waals surface area contributed by atoms with Crippen LogP contribution in [0.5, 0.6) is 0 Å². The first kappa shape index (κ1) is 16.2. The molecule has 6 nitrogen and oxygen atoms in total. The summed E-state index contributed by atoms with van der Waals surface area (Å²) in [6, 6.07) is 7.78. The topological polar surface area (TPSA) is 72.2 Å². The van der Waals surface area contributed by atoms with E-state index in [4.69, 9.17) is 0 Å². The molecule has 1 fully saturated rings. The van der Waals surface area contributed by atoms with E-state index in [1.807, 2.05) is 28.8 Å². The molecule has 130 valence electrons. The average molecular weight is 355 g/mol. The van der Waals surface area contributed by atoms with E-state index in [2.05, 4.69) is 41.4 Å². The van der Waals surface area contributed by atoms with Gasteiger partial charge in [-0.2, -0.15) is 9.61 Å². The molecular formula is C18H21N5OS. The molecule has 25 heavy (non-hydrogen) atoms. The summed E-state index contributed by atoms with van der Waals surface area (Å²) in [6.45, 7) is 6.88. The van der Waals surface area contributed by atoms with E-state index in [1.54, 1.807) is 0 Å². The second kappa shape index (κ2) is 5.91. The third-order valence-electron chi connectivity index (χ3n) is 4.41. The molecule has 0 aliphatic heterocycles. The van der Waals surface area contributed by atoms with Gasteiger partial charge in [0.25, 0.3) is 5.91 Å². The fourth-order valence-corrected chi connectivity index (χ4v) is 3.50. The number of nitrogens with zero attached hydrogens (tertiary/aromatic N) is 4. The van der Waals surface area contributed by atoms with Crippen molar-refractivity contribution in [3.63, 3.8) is 0 Å². The highest BCUT2D eigenvalue weighted by Crippen LogP contribution is 2.39. The molecule has 0 saturated heterocycles. The zero-order chi connectivity index (χ0) is 17.6. The van der Waals surface area contributed by atoms with Gasteiger partial charge in [0.05, 0.1) is 6.54 Å². The minimum Gasteiger partial charge on any atom is -0.345 e. The SMILES string of the molecule is CC(C)(C)c1ccc(C(=O)NCc2nn3c(C4CC4)nnc3s2)cc1. The molecule has 1 aromatic carbocycles. The number of carbonyl (C=O) groups is 1. The Morgan fingerprint density at radius 2 is 1.96 bits per heavy atom. The maximum Gasteiger partial charge on any atom is 0.251 e. The molecule has 1 amide bonds. The molecule has 2 heterocycles. The second-order valence-electron chi connectivity index (χ2n) is 7.53. The van der Waals surface area contributed by atoms with Gasteiger partial charge in [0.2, 0.25) is 4.96 Å². The molecule has 0 radical (unpaired) electrons. The number of benzene rings is 1. The summed E-state index contributed by atoms with van der Waals surface area (Å²) < 4.78 is 1.82. The van der Waals surface area contributed by atoms with E-state index in [1.165, 1.54) is 16.9 Å². The minimum atomic E-state index is -0.0890.